The summed E-state index contributed by atoms with van der Waals surface area (Å²) in [6.07, 6.45) is 6.32. The molecule has 0 aromatic heterocycles. The molecule has 0 aliphatic carbocycles. The van der Waals surface area contributed by atoms with Gasteiger partial charge in [0, 0.05) is 12.6 Å². The first-order valence-electron chi connectivity index (χ1n) is 6.09. The molecular weight excluding hydrogens is 202 g/mol. The van der Waals surface area contributed by atoms with Crippen LogP contribution in [0.15, 0.2) is 12.7 Å². The summed E-state index contributed by atoms with van der Waals surface area (Å²) in [4.78, 5) is 13.8. The van der Waals surface area contributed by atoms with Gasteiger partial charge in [0.2, 0.25) is 5.91 Å². The van der Waals surface area contributed by atoms with Gasteiger partial charge in [-0.2, -0.15) is 0 Å². The first-order chi connectivity index (χ1) is 7.77. The van der Waals surface area contributed by atoms with Gasteiger partial charge in [-0.25, -0.2) is 0 Å². The Labute approximate surface area is 97.9 Å². The van der Waals surface area contributed by atoms with Crippen LogP contribution in [0, 0.1) is 0 Å². The fourth-order valence-electron chi connectivity index (χ4n) is 2.21. The van der Waals surface area contributed by atoms with Crippen LogP contribution in [0.25, 0.3) is 0 Å². The van der Waals surface area contributed by atoms with Crippen molar-refractivity contribution in [2.75, 3.05) is 26.2 Å². The largest absolute Gasteiger partial charge is 0.352 e. The lowest BCUT2D eigenvalue weighted by Crippen LogP contribution is -2.46. The van der Waals surface area contributed by atoms with E-state index < -0.39 is 0 Å². The number of hydrogen-bond donors (Lipinski definition) is 2. The zero-order valence-corrected chi connectivity index (χ0v) is 9.95. The van der Waals surface area contributed by atoms with Gasteiger partial charge in [0.15, 0.2) is 0 Å². The predicted molar refractivity (Wildman–Crippen MR) is 66.1 cm³/mol. The zero-order chi connectivity index (χ0) is 11.8. The summed E-state index contributed by atoms with van der Waals surface area (Å²) < 4.78 is 0. The monoisotopic (exact) mass is 225 g/mol. The molecular formula is C12H23N3O. The molecule has 3 N–H and O–H groups in total. The zero-order valence-electron chi connectivity index (χ0n) is 9.95. The molecule has 1 amide bonds. The molecule has 0 saturated carbocycles. The van der Waals surface area contributed by atoms with Crippen LogP contribution >= 0.6 is 0 Å². The standard InChI is InChI=1S/C12H23N3O/c1-2-8-14-12(16)10-15-9-4-3-5-11(15)6-7-13/h2,11H,1,3-10,13H2,(H,14,16). The third-order valence-electron chi connectivity index (χ3n) is 3.04. The van der Waals surface area contributed by atoms with Crippen molar-refractivity contribution in [3.8, 4) is 0 Å². The third kappa shape index (κ3) is 4.33. The van der Waals surface area contributed by atoms with Gasteiger partial charge in [-0.05, 0) is 32.4 Å². The molecule has 0 bridgehead atoms. The molecule has 0 spiro atoms. The number of nitrogens with one attached hydrogen (secondary N) is 1. The fraction of sp³-hybridized carbons (Fsp3) is 0.750. The minimum atomic E-state index is 0.0869. The summed E-state index contributed by atoms with van der Waals surface area (Å²) in [7, 11) is 0. The molecule has 0 aromatic carbocycles. The highest BCUT2D eigenvalue weighted by Crippen LogP contribution is 2.18. The number of hydrogen-bond acceptors (Lipinski definition) is 3. The van der Waals surface area contributed by atoms with Gasteiger partial charge < -0.3 is 11.1 Å². The minimum absolute atomic E-state index is 0.0869. The van der Waals surface area contributed by atoms with Crippen molar-refractivity contribution in [3.05, 3.63) is 12.7 Å². The van der Waals surface area contributed by atoms with Crippen LogP contribution < -0.4 is 11.1 Å². The van der Waals surface area contributed by atoms with Crippen LogP contribution in [0.1, 0.15) is 25.7 Å². The number of likely N-dealkylation sites (tertiary alicyclic amines) is 1. The van der Waals surface area contributed by atoms with Gasteiger partial charge in [0.25, 0.3) is 0 Å². The van der Waals surface area contributed by atoms with E-state index in [1.807, 2.05) is 0 Å². The summed E-state index contributed by atoms with van der Waals surface area (Å²) in [6, 6.07) is 0.494. The van der Waals surface area contributed by atoms with Crippen LogP contribution in [0.4, 0.5) is 0 Å². The van der Waals surface area contributed by atoms with E-state index in [1.165, 1.54) is 19.3 Å². The van der Waals surface area contributed by atoms with Gasteiger partial charge >= 0.3 is 0 Å². The first kappa shape index (κ1) is 13.2. The van der Waals surface area contributed by atoms with E-state index in [0.29, 0.717) is 25.7 Å². The van der Waals surface area contributed by atoms with Crippen LogP contribution in [-0.2, 0) is 4.79 Å². The van der Waals surface area contributed by atoms with E-state index in [0.717, 1.165) is 13.0 Å². The number of carbonyl (C=O) groups is 1. The second-order valence-electron chi connectivity index (χ2n) is 4.29. The summed E-state index contributed by atoms with van der Waals surface area (Å²) in [5, 5.41) is 2.81. The summed E-state index contributed by atoms with van der Waals surface area (Å²) in [5.41, 5.74) is 5.59. The molecule has 0 aromatic rings. The minimum Gasteiger partial charge on any atom is -0.352 e. The highest BCUT2D eigenvalue weighted by Gasteiger charge is 2.23. The molecule has 1 heterocycles. The fourth-order valence-corrected chi connectivity index (χ4v) is 2.21. The molecule has 0 radical (unpaired) electrons. The topological polar surface area (TPSA) is 58.4 Å². The molecule has 1 saturated heterocycles. The Hall–Kier alpha value is -0.870. The Morgan fingerprint density at radius 3 is 3.06 bits per heavy atom. The van der Waals surface area contributed by atoms with Crippen molar-refractivity contribution >= 4 is 5.91 Å². The average molecular weight is 225 g/mol. The number of carbonyl (C=O) groups excluding carboxylic acids is 1. The van der Waals surface area contributed by atoms with Crippen molar-refractivity contribution in [1.82, 2.24) is 10.2 Å². The first-order valence-corrected chi connectivity index (χ1v) is 6.09. The smallest absolute Gasteiger partial charge is 0.234 e. The molecule has 1 atom stereocenters. The van der Waals surface area contributed by atoms with E-state index >= 15 is 0 Å². The number of amides is 1. The highest BCUT2D eigenvalue weighted by atomic mass is 16.2. The van der Waals surface area contributed by atoms with E-state index in [2.05, 4.69) is 16.8 Å². The van der Waals surface area contributed by atoms with Crippen molar-refractivity contribution in [3.63, 3.8) is 0 Å². The van der Waals surface area contributed by atoms with Crippen molar-refractivity contribution in [2.45, 2.75) is 31.7 Å². The molecule has 1 rings (SSSR count). The normalized spacial score (nSPS) is 21.7. The Kier molecular flexibility index (Phi) is 6.11. The predicted octanol–water partition coefficient (Wildman–Crippen LogP) is 0.492. The van der Waals surface area contributed by atoms with Gasteiger partial charge in [-0.1, -0.05) is 12.5 Å². The van der Waals surface area contributed by atoms with Crippen molar-refractivity contribution in [1.29, 1.82) is 0 Å². The molecule has 1 unspecified atom stereocenters. The average Bonchev–Trinajstić information content (AvgIpc) is 2.29. The van der Waals surface area contributed by atoms with Gasteiger partial charge in [0.05, 0.1) is 6.54 Å². The van der Waals surface area contributed by atoms with E-state index in [9.17, 15) is 4.79 Å². The molecule has 1 fully saturated rings. The lowest BCUT2D eigenvalue weighted by atomic mass is 9.99. The summed E-state index contributed by atoms with van der Waals surface area (Å²) >= 11 is 0. The SMILES string of the molecule is C=CCNC(=O)CN1CCCCC1CCN. The molecule has 92 valence electrons. The lowest BCUT2D eigenvalue weighted by Gasteiger charge is -2.35. The molecule has 4 nitrogen and oxygen atoms in total. The number of rotatable bonds is 6. The van der Waals surface area contributed by atoms with Crippen molar-refractivity contribution in [2.24, 2.45) is 5.73 Å². The quantitative estimate of drug-likeness (QED) is 0.647. The van der Waals surface area contributed by atoms with Crippen LogP contribution in [0.2, 0.25) is 0 Å². The van der Waals surface area contributed by atoms with E-state index in [1.54, 1.807) is 6.08 Å². The number of nitrogens with zero attached hydrogens (tertiary/aromatic N) is 1. The summed E-state index contributed by atoms with van der Waals surface area (Å²) in [6.45, 7) is 6.35. The Balaban J connectivity index is 2.36. The van der Waals surface area contributed by atoms with E-state index in [-0.39, 0.29) is 5.91 Å². The molecule has 16 heavy (non-hydrogen) atoms. The second kappa shape index (κ2) is 7.41. The molecule has 4 heteroatoms. The Morgan fingerprint density at radius 1 is 1.56 bits per heavy atom. The van der Waals surface area contributed by atoms with Crippen LogP contribution in [-0.4, -0.2) is 43.0 Å². The van der Waals surface area contributed by atoms with Gasteiger partial charge in [0.1, 0.15) is 0 Å². The lowest BCUT2D eigenvalue weighted by molar-refractivity contribution is -0.123. The molecule has 1 aliphatic heterocycles. The highest BCUT2D eigenvalue weighted by molar-refractivity contribution is 5.78. The maximum atomic E-state index is 11.6. The third-order valence-corrected chi connectivity index (χ3v) is 3.04. The van der Waals surface area contributed by atoms with Crippen LogP contribution in [0.5, 0.6) is 0 Å². The number of piperidine rings is 1. The van der Waals surface area contributed by atoms with Crippen LogP contribution in [0.3, 0.4) is 0 Å². The molecule has 1 aliphatic rings. The van der Waals surface area contributed by atoms with Gasteiger partial charge in [-0.15, -0.1) is 6.58 Å². The van der Waals surface area contributed by atoms with Crippen molar-refractivity contribution < 1.29 is 4.79 Å². The second-order valence-corrected chi connectivity index (χ2v) is 4.29. The number of nitrogens with two attached hydrogens (primary N) is 1. The summed E-state index contributed by atoms with van der Waals surface area (Å²) in [5.74, 6) is 0.0869. The Morgan fingerprint density at radius 2 is 2.38 bits per heavy atom. The Bertz CT molecular complexity index is 228. The van der Waals surface area contributed by atoms with Gasteiger partial charge in [-0.3, -0.25) is 9.69 Å². The maximum absolute atomic E-state index is 11.6. The maximum Gasteiger partial charge on any atom is 0.234 e. The van der Waals surface area contributed by atoms with E-state index in [4.69, 9.17) is 5.73 Å².